The van der Waals surface area contributed by atoms with E-state index in [9.17, 15) is 9.59 Å². The quantitative estimate of drug-likeness (QED) is 0.227. The summed E-state index contributed by atoms with van der Waals surface area (Å²) < 4.78 is 11.6. The summed E-state index contributed by atoms with van der Waals surface area (Å²) in [6.07, 6.45) is 1.46. The van der Waals surface area contributed by atoms with Crippen LogP contribution in [0.1, 0.15) is 26.3 Å². The monoisotopic (exact) mass is 486 g/mol. The maximum Gasteiger partial charge on any atom is 0.345 e. The molecule has 1 amide bonds. The van der Waals surface area contributed by atoms with Gasteiger partial charge in [0.25, 0.3) is 5.91 Å². The van der Waals surface area contributed by atoms with Crippen molar-refractivity contribution in [3.63, 3.8) is 0 Å². The molecule has 0 saturated carbocycles. The number of halogens is 2. The molecule has 0 fully saturated rings. The van der Waals surface area contributed by atoms with Gasteiger partial charge in [-0.15, -0.1) is 0 Å². The third kappa shape index (κ3) is 5.46. The average Bonchev–Trinajstić information content (AvgIpc) is 2.75. The molecule has 0 aliphatic carbocycles. The highest BCUT2D eigenvalue weighted by molar-refractivity contribution is 9.10. The van der Waals surface area contributed by atoms with Crippen molar-refractivity contribution in [2.45, 2.75) is 0 Å². The Morgan fingerprint density at radius 1 is 1.03 bits per heavy atom. The highest BCUT2D eigenvalue weighted by Gasteiger charge is 2.15. The summed E-state index contributed by atoms with van der Waals surface area (Å²) in [6, 6.07) is 18.4. The van der Waals surface area contributed by atoms with Gasteiger partial charge in [0, 0.05) is 10.0 Å². The Hall–Kier alpha value is -3.16. The number of hydrogen-bond acceptors (Lipinski definition) is 5. The van der Waals surface area contributed by atoms with Crippen molar-refractivity contribution in [1.29, 1.82) is 0 Å². The maximum absolute atomic E-state index is 12.4. The molecular formula is C22H16BrClN2O4. The van der Waals surface area contributed by atoms with Crippen LogP contribution in [0.2, 0.25) is 5.02 Å². The lowest BCUT2D eigenvalue weighted by atomic mass is 10.2. The fourth-order valence-electron chi connectivity index (χ4n) is 2.46. The zero-order valence-corrected chi connectivity index (χ0v) is 18.1. The van der Waals surface area contributed by atoms with Crippen LogP contribution >= 0.6 is 27.5 Å². The van der Waals surface area contributed by atoms with Crippen LogP contribution in [0.5, 0.6) is 11.5 Å². The molecule has 1 N–H and O–H groups in total. The van der Waals surface area contributed by atoms with Crippen LogP contribution in [-0.2, 0) is 0 Å². The number of esters is 1. The smallest absolute Gasteiger partial charge is 0.345 e. The van der Waals surface area contributed by atoms with Gasteiger partial charge in [-0.2, -0.15) is 5.10 Å². The molecule has 0 spiro atoms. The van der Waals surface area contributed by atoms with Crippen LogP contribution in [0.15, 0.2) is 76.3 Å². The number of carbonyl (C=O) groups is 2. The Morgan fingerprint density at radius 2 is 1.77 bits per heavy atom. The topological polar surface area (TPSA) is 77.0 Å². The highest BCUT2D eigenvalue weighted by Crippen LogP contribution is 2.29. The Bertz CT molecular complexity index is 1100. The number of methoxy groups -OCH3 is 1. The highest BCUT2D eigenvalue weighted by atomic mass is 79.9. The molecule has 0 saturated heterocycles. The predicted molar refractivity (Wildman–Crippen MR) is 119 cm³/mol. The molecule has 0 heterocycles. The van der Waals surface area contributed by atoms with E-state index in [0.717, 1.165) is 4.47 Å². The number of rotatable bonds is 6. The number of benzene rings is 3. The zero-order chi connectivity index (χ0) is 21.5. The molecule has 3 aromatic rings. The normalized spacial score (nSPS) is 10.6. The van der Waals surface area contributed by atoms with Gasteiger partial charge in [-0.3, -0.25) is 4.79 Å². The summed E-state index contributed by atoms with van der Waals surface area (Å²) in [6.45, 7) is 0. The summed E-state index contributed by atoms with van der Waals surface area (Å²) in [4.78, 5) is 24.4. The number of amides is 1. The molecule has 152 valence electrons. The van der Waals surface area contributed by atoms with Crippen LogP contribution in [0.25, 0.3) is 0 Å². The molecule has 3 aromatic carbocycles. The van der Waals surface area contributed by atoms with Crippen LogP contribution in [-0.4, -0.2) is 25.2 Å². The van der Waals surface area contributed by atoms with Crippen LogP contribution in [0, 0.1) is 0 Å². The third-order valence-corrected chi connectivity index (χ3v) is 4.83. The summed E-state index contributed by atoms with van der Waals surface area (Å²) in [5.74, 6) is -0.366. The molecule has 8 heteroatoms. The number of hydrazone groups is 1. The van der Waals surface area contributed by atoms with Gasteiger partial charge in [-0.05, 0) is 60.2 Å². The SMILES string of the molecule is COc1cc(/C=N\NC(=O)c2ccc(Br)cc2)ccc1OC(=O)c1ccccc1Cl. The molecule has 0 radical (unpaired) electrons. The number of hydrogen-bond donors (Lipinski definition) is 1. The standard InChI is InChI=1S/C22H16BrClN2O4/c1-29-20-12-14(13-25-26-21(27)15-7-9-16(23)10-8-15)6-11-19(20)30-22(28)17-4-2-3-5-18(17)24/h2-13H,1H3,(H,26,27)/b25-13-. The van der Waals surface area contributed by atoms with Gasteiger partial charge >= 0.3 is 5.97 Å². The second-order valence-corrected chi connectivity index (χ2v) is 7.31. The fraction of sp³-hybridized carbons (Fsp3) is 0.0455. The van der Waals surface area contributed by atoms with E-state index in [1.807, 2.05) is 0 Å². The maximum atomic E-state index is 12.4. The van der Waals surface area contributed by atoms with E-state index in [1.54, 1.807) is 66.7 Å². The number of ether oxygens (including phenoxy) is 2. The molecule has 3 rings (SSSR count). The van der Waals surface area contributed by atoms with E-state index in [1.165, 1.54) is 13.3 Å². The Balaban J connectivity index is 1.68. The molecule has 0 aromatic heterocycles. The van der Waals surface area contributed by atoms with Crippen molar-refractivity contribution in [1.82, 2.24) is 5.43 Å². The second-order valence-electron chi connectivity index (χ2n) is 5.99. The summed E-state index contributed by atoms with van der Waals surface area (Å²) in [5, 5.41) is 4.25. The summed E-state index contributed by atoms with van der Waals surface area (Å²) in [5.41, 5.74) is 3.83. The number of carbonyl (C=O) groups excluding carboxylic acids is 2. The van der Waals surface area contributed by atoms with Crippen molar-refractivity contribution in [2.75, 3.05) is 7.11 Å². The van der Waals surface area contributed by atoms with E-state index >= 15 is 0 Å². The molecule has 0 aliphatic rings. The number of nitrogens with one attached hydrogen (secondary N) is 1. The number of nitrogens with zero attached hydrogens (tertiary/aromatic N) is 1. The Morgan fingerprint density at radius 3 is 2.47 bits per heavy atom. The molecule has 0 bridgehead atoms. The first-order chi connectivity index (χ1) is 14.5. The zero-order valence-electron chi connectivity index (χ0n) is 15.8. The van der Waals surface area contributed by atoms with E-state index < -0.39 is 5.97 Å². The van der Waals surface area contributed by atoms with Gasteiger partial charge in [0.05, 0.1) is 23.9 Å². The average molecular weight is 488 g/mol. The van der Waals surface area contributed by atoms with E-state index in [-0.39, 0.29) is 17.2 Å². The lowest BCUT2D eigenvalue weighted by Crippen LogP contribution is -2.17. The van der Waals surface area contributed by atoms with Crippen LogP contribution in [0.4, 0.5) is 0 Å². The molecule has 0 aliphatic heterocycles. The molecular weight excluding hydrogens is 472 g/mol. The fourth-order valence-corrected chi connectivity index (χ4v) is 2.94. The summed E-state index contributed by atoms with van der Waals surface area (Å²) >= 11 is 9.35. The van der Waals surface area contributed by atoms with Gasteiger partial charge in [0.1, 0.15) is 0 Å². The van der Waals surface area contributed by atoms with E-state index in [4.69, 9.17) is 21.1 Å². The first-order valence-electron chi connectivity index (χ1n) is 8.71. The van der Waals surface area contributed by atoms with E-state index in [0.29, 0.717) is 21.9 Å². The van der Waals surface area contributed by atoms with Crippen molar-refractivity contribution >= 4 is 45.6 Å². The minimum absolute atomic E-state index is 0.235. The minimum Gasteiger partial charge on any atom is -0.493 e. The Labute approximate surface area is 186 Å². The lowest BCUT2D eigenvalue weighted by Gasteiger charge is -2.10. The van der Waals surface area contributed by atoms with Crippen molar-refractivity contribution in [3.05, 3.63) is 92.9 Å². The van der Waals surface area contributed by atoms with Gasteiger partial charge in [0.2, 0.25) is 0 Å². The van der Waals surface area contributed by atoms with Crippen molar-refractivity contribution in [3.8, 4) is 11.5 Å². The molecule has 0 unspecified atom stereocenters. The predicted octanol–water partition coefficient (Wildman–Crippen LogP) is 5.09. The van der Waals surface area contributed by atoms with Crippen molar-refractivity contribution in [2.24, 2.45) is 5.10 Å². The minimum atomic E-state index is -0.595. The summed E-state index contributed by atoms with van der Waals surface area (Å²) in [7, 11) is 1.46. The van der Waals surface area contributed by atoms with Crippen molar-refractivity contribution < 1.29 is 19.1 Å². The first kappa shape index (κ1) is 21.5. The molecule has 6 nitrogen and oxygen atoms in total. The second kappa shape index (κ2) is 10.0. The van der Waals surface area contributed by atoms with Crippen LogP contribution in [0.3, 0.4) is 0 Å². The van der Waals surface area contributed by atoms with Gasteiger partial charge in [0.15, 0.2) is 11.5 Å². The van der Waals surface area contributed by atoms with Gasteiger partial charge in [-0.1, -0.05) is 39.7 Å². The van der Waals surface area contributed by atoms with Crippen LogP contribution < -0.4 is 14.9 Å². The third-order valence-electron chi connectivity index (χ3n) is 3.97. The van der Waals surface area contributed by atoms with Gasteiger partial charge in [-0.25, -0.2) is 10.2 Å². The lowest BCUT2D eigenvalue weighted by molar-refractivity contribution is 0.0729. The molecule has 30 heavy (non-hydrogen) atoms. The molecule has 0 atom stereocenters. The van der Waals surface area contributed by atoms with E-state index in [2.05, 4.69) is 26.5 Å². The Kier molecular flexibility index (Phi) is 7.21. The van der Waals surface area contributed by atoms with Gasteiger partial charge < -0.3 is 9.47 Å². The first-order valence-corrected chi connectivity index (χ1v) is 9.89. The largest absolute Gasteiger partial charge is 0.493 e.